The van der Waals surface area contributed by atoms with Crippen molar-refractivity contribution in [2.45, 2.75) is 43.9 Å². The molecule has 0 amide bonds. The van der Waals surface area contributed by atoms with Crippen molar-refractivity contribution in [2.75, 3.05) is 24.2 Å². The van der Waals surface area contributed by atoms with Gasteiger partial charge >= 0.3 is 0 Å². The molecule has 0 heterocycles. The minimum atomic E-state index is -3.12. The van der Waals surface area contributed by atoms with Gasteiger partial charge in [0, 0.05) is 25.0 Å². The first-order valence-corrected chi connectivity index (χ1v) is 9.54. The predicted molar refractivity (Wildman–Crippen MR) is 88.5 cm³/mol. The molecule has 0 bridgehead atoms. The Bertz CT molecular complexity index is 600. The normalized spacial score (nSPS) is 26.0. The molecule has 1 aliphatic rings. The summed E-state index contributed by atoms with van der Waals surface area (Å²) in [6.45, 7) is 5.24. The molecule has 2 rings (SSSR count). The number of benzene rings is 1. The SMILES string of the molecule is CCN(c1cccc(C)c1)C1(CN)CCCC1S(C)(=O)=O. The zero-order chi connectivity index (χ0) is 15.7. The van der Waals surface area contributed by atoms with E-state index < -0.39 is 15.4 Å². The lowest BCUT2D eigenvalue weighted by atomic mass is 9.93. The highest BCUT2D eigenvalue weighted by molar-refractivity contribution is 7.91. The summed E-state index contributed by atoms with van der Waals surface area (Å²) in [7, 11) is -3.12. The second kappa shape index (κ2) is 5.97. The van der Waals surface area contributed by atoms with Gasteiger partial charge in [0.25, 0.3) is 0 Å². The molecule has 1 aromatic rings. The lowest BCUT2D eigenvalue weighted by molar-refractivity contribution is 0.405. The van der Waals surface area contributed by atoms with Gasteiger partial charge in [-0.05, 0) is 50.8 Å². The fourth-order valence-electron chi connectivity index (χ4n) is 3.84. The Morgan fingerprint density at radius 1 is 1.43 bits per heavy atom. The van der Waals surface area contributed by atoms with Crippen LogP contribution in [0.5, 0.6) is 0 Å². The van der Waals surface area contributed by atoms with E-state index in [0.29, 0.717) is 13.0 Å². The van der Waals surface area contributed by atoms with Crippen LogP contribution in [0.15, 0.2) is 24.3 Å². The molecule has 1 saturated carbocycles. The van der Waals surface area contributed by atoms with Gasteiger partial charge in [-0.1, -0.05) is 12.1 Å². The quantitative estimate of drug-likeness (QED) is 0.905. The maximum atomic E-state index is 12.2. The molecule has 0 aliphatic heterocycles. The first kappa shape index (κ1) is 16.3. The largest absolute Gasteiger partial charge is 0.364 e. The standard InChI is InChI=1S/C16H26N2O2S/c1-4-18(14-8-5-7-13(2)11-14)16(12-17)10-6-9-15(16)21(3,19)20/h5,7-8,11,15H,4,6,9-10,12,17H2,1-3H3. The summed E-state index contributed by atoms with van der Waals surface area (Å²) in [6, 6.07) is 8.22. The van der Waals surface area contributed by atoms with Crippen molar-refractivity contribution in [3.63, 3.8) is 0 Å². The second-order valence-electron chi connectivity index (χ2n) is 6.10. The zero-order valence-corrected chi connectivity index (χ0v) is 14.0. The molecule has 1 fully saturated rings. The van der Waals surface area contributed by atoms with Crippen LogP contribution < -0.4 is 10.6 Å². The average Bonchev–Trinajstić information content (AvgIpc) is 2.85. The Kier molecular flexibility index (Phi) is 4.63. The lowest BCUT2D eigenvalue weighted by Crippen LogP contribution is -2.61. The van der Waals surface area contributed by atoms with Crippen molar-refractivity contribution < 1.29 is 8.42 Å². The highest BCUT2D eigenvalue weighted by atomic mass is 32.2. The maximum Gasteiger partial charge on any atom is 0.152 e. The van der Waals surface area contributed by atoms with Crippen LogP contribution in [0.1, 0.15) is 31.7 Å². The first-order valence-electron chi connectivity index (χ1n) is 7.58. The maximum absolute atomic E-state index is 12.2. The topological polar surface area (TPSA) is 63.4 Å². The number of anilines is 1. The average molecular weight is 310 g/mol. The minimum Gasteiger partial charge on any atom is -0.364 e. The van der Waals surface area contributed by atoms with Gasteiger partial charge in [-0.2, -0.15) is 0 Å². The predicted octanol–water partition coefficient (Wildman–Crippen LogP) is 2.12. The number of rotatable bonds is 5. The number of nitrogens with two attached hydrogens (primary N) is 1. The Morgan fingerprint density at radius 3 is 2.67 bits per heavy atom. The summed E-state index contributed by atoms with van der Waals surface area (Å²) in [5.41, 5.74) is 7.87. The van der Waals surface area contributed by atoms with Gasteiger partial charge in [-0.3, -0.25) is 0 Å². The molecule has 2 atom stereocenters. The van der Waals surface area contributed by atoms with Crippen molar-refractivity contribution in [3.05, 3.63) is 29.8 Å². The molecule has 0 saturated heterocycles. The molecular formula is C16H26N2O2S. The van der Waals surface area contributed by atoms with Crippen molar-refractivity contribution in [1.82, 2.24) is 0 Å². The number of sulfone groups is 1. The first-order chi connectivity index (χ1) is 9.85. The van der Waals surface area contributed by atoms with Crippen LogP contribution in [0.2, 0.25) is 0 Å². The van der Waals surface area contributed by atoms with Crippen LogP contribution in [0.25, 0.3) is 0 Å². The fraction of sp³-hybridized carbons (Fsp3) is 0.625. The Morgan fingerprint density at radius 2 is 2.14 bits per heavy atom. The minimum absolute atomic E-state index is 0.368. The highest BCUT2D eigenvalue weighted by Gasteiger charge is 2.50. The van der Waals surface area contributed by atoms with Gasteiger partial charge in [0.2, 0.25) is 0 Å². The molecule has 0 spiro atoms. The van der Waals surface area contributed by atoms with E-state index in [1.165, 1.54) is 11.8 Å². The third-order valence-electron chi connectivity index (χ3n) is 4.71. The summed E-state index contributed by atoms with van der Waals surface area (Å²) < 4.78 is 24.5. The molecule has 0 radical (unpaired) electrons. The van der Waals surface area contributed by atoms with Crippen molar-refractivity contribution in [2.24, 2.45) is 5.73 Å². The summed E-state index contributed by atoms with van der Waals surface area (Å²) in [6.07, 6.45) is 3.80. The molecule has 1 aromatic carbocycles. The number of nitrogens with zero attached hydrogens (tertiary/aromatic N) is 1. The van der Waals surface area contributed by atoms with Gasteiger partial charge in [0.05, 0.1) is 10.8 Å². The fourth-order valence-corrected chi connectivity index (χ4v) is 5.57. The number of hydrogen-bond donors (Lipinski definition) is 1. The number of aryl methyl sites for hydroxylation is 1. The van der Waals surface area contributed by atoms with Crippen LogP contribution in [0.4, 0.5) is 5.69 Å². The van der Waals surface area contributed by atoms with Gasteiger partial charge < -0.3 is 10.6 Å². The molecule has 2 N–H and O–H groups in total. The van der Waals surface area contributed by atoms with Gasteiger partial charge in [0.1, 0.15) is 0 Å². The summed E-state index contributed by atoms with van der Waals surface area (Å²) >= 11 is 0. The van der Waals surface area contributed by atoms with E-state index in [-0.39, 0.29) is 5.25 Å². The van der Waals surface area contributed by atoms with Crippen LogP contribution in [0, 0.1) is 6.92 Å². The van der Waals surface area contributed by atoms with Crippen LogP contribution in [-0.4, -0.2) is 38.6 Å². The van der Waals surface area contributed by atoms with E-state index in [1.54, 1.807) is 0 Å². The molecule has 5 heteroatoms. The monoisotopic (exact) mass is 310 g/mol. The van der Waals surface area contributed by atoms with Crippen LogP contribution >= 0.6 is 0 Å². The van der Waals surface area contributed by atoms with E-state index in [1.807, 2.05) is 12.1 Å². The van der Waals surface area contributed by atoms with Crippen molar-refractivity contribution >= 4 is 15.5 Å². The van der Waals surface area contributed by atoms with Crippen LogP contribution in [0.3, 0.4) is 0 Å². The highest BCUT2D eigenvalue weighted by Crippen LogP contribution is 2.41. The third kappa shape index (κ3) is 2.94. The molecule has 118 valence electrons. The Hall–Kier alpha value is -1.07. The third-order valence-corrected chi connectivity index (χ3v) is 6.42. The molecule has 1 aliphatic carbocycles. The van der Waals surface area contributed by atoms with E-state index in [9.17, 15) is 8.42 Å². The van der Waals surface area contributed by atoms with E-state index in [0.717, 1.165) is 25.1 Å². The van der Waals surface area contributed by atoms with E-state index in [4.69, 9.17) is 5.73 Å². The molecular weight excluding hydrogens is 284 g/mol. The lowest BCUT2D eigenvalue weighted by Gasteiger charge is -2.45. The number of hydrogen-bond acceptors (Lipinski definition) is 4. The Balaban J connectivity index is 2.51. The number of likely N-dealkylation sites (N-methyl/N-ethyl adjacent to an activating group) is 1. The van der Waals surface area contributed by atoms with E-state index >= 15 is 0 Å². The molecule has 4 nitrogen and oxygen atoms in total. The summed E-state index contributed by atoms with van der Waals surface area (Å²) in [5.74, 6) is 0. The Labute approximate surface area is 128 Å². The van der Waals surface area contributed by atoms with Gasteiger partial charge in [0.15, 0.2) is 9.84 Å². The molecule has 2 unspecified atom stereocenters. The van der Waals surface area contributed by atoms with Crippen molar-refractivity contribution in [1.29, 1.82) is 0 Å². The van der Waals surface area contributed by atoms with Gasteiger partial charge in [-0.25, -0.2) is 8.42 Å². The molecule has 21 heavy (non-hydrogen) atoms. The van der Waals surface area contributed by atoms with Crippen LogP contribution in [-0.2, 0) is 9.84 Å². The molecule has 0 aromatic heterocycles. The smallest absolute Gasteiger partial charge is 0.152 e. The second-order valence-corrected chi connectivity index (χ2v) is 8.33. The van der Waals surface area contributed by atoms with Crippen molar-refractivity contribution in [3.8, 4) is 0 Å². The van der Waals surface area contributed by atoms with Gasteiger partial charge in [-0.15, -0.1) is 0 Å². The summed E-state index contributed by atoms with van der Waals surface area (Å²) in [5, 5.41) is -0.379. The zero-order valence-electron chi connectivity index (χ0n) is 13.2. The van der Waals surface area contributed by atoms with E-state index in [2.05, 4.69) is 30.9 Å². The summed E-state index contributed by atoms with van der Waals surface area (Å²) in [4.78, 5) is 2.21.